The number of aromatic nitrogens is 1. The van der Waals surface area contributed by atoms with Gasteiger partial charge in [0.05, 0.1) is 18.9 Å². The third-order valence-electron chi connectivity index (χ3n) is 4.65. The first kappa shape index (κ1) is 21.0. The molecule has 3 rings (SSSR count). The summed E-state index contributed by atoms with van der Waals surface area (Å²) in [4.78, 5) is 19.1. The second kappa shape index (κ2) is 9.65. The number of anilines is 1. The molecule has 156 valence electrons. The van der Waals surface area contributed by atoms with Gasteiger partial charge >= 0.3 is 6.09 Å². The van der Waals surface area contributed by atoms with Crippen molar-refractivity contribution in [1.29, 1.82) is 0 Å². The van der Waals surface area contributed by atoms with E-state index in [1.807, 2.05) is 19.9 Å². The highest BCUT2D eigenvalue weighted by molar-refractivity contribution is 5.71. The summed E-state index contributed by atoms with van der Waals surface area (Å²) in [6, 6.07) is 5.38. The van der Waals surface area contributed by atoms with Gasteiger partial charge in [0.25, 0.3) is 0 Å². The molecule has 2 aromatic rings. The smallest absolute Gasteiger partial charge is 0.408 e. The van der Waals surface area contributed by atoms with Crippen molar-refractivity contribution in [2.45, 2.75) is 33.2 Å². The second-order valence-electron chi connectivity index (χ2n) is 6.91. The van der Waals surface area contributed by atoms with Crippen LogP contribution in [-0.4, -0.2) is 37.4 Å². The molecule has 8 heteroatoms. The van der Waals surface area contributed by atoms with Crippen molar-refractivity contribution in [3.8, 4) is 5.75 Å². The predicted molar refractivity (Wildman–Crippen MR) is 105 cm³/mol. The predicted octanol–water partition coefficient (Wildman–Crippen LogP) is 3.75. The first-order chi connectivity index (χ1) is 14.0. The van der Waals surface area contributed by atoms with Crippen molar-refractivity contribution in [3.63, 3.8) is 0 Å². The average Bonchev–Trinajstić information content (AvgIpc) is 2.72. The largest absolute Gasteiger partial charge is 0.412 e. The van der Waals surface area contributed by atoms with E-state index in [1.165, 1.54) is 6.07 Å². The molecule has 0 radical (unpaired) electrons. The molecular formula is C21H25F2N3O3. The minimum absolute atomic E-state index is 0.0253. The Morgan fingerprint density at radius 3 is 2.69 bits per heavy atom. The Hall–Kier alpha value is -2.74. The number of carbonyl (C=O) groups is 1. The molecule has 1 amide bonds. The Labute approximate surface area is 168 Å². The van der Waals surface area contributed by atoms with Crippen molar-refractivity contribution in [1.82, 2.24) is 10.3 Å². The molecule has 1 saturated heterocycles. The van der Waals surface area contributed by atoms with E-state index < -0.39 is 17.7 Å². The van der Waals surface area contributed by atoms with Gasteiger partial charge in [0.15, 0.2) is 17.4 Å². The fourth-order valence-electron chi connectivity index (χ4n) is 3.16. The first-order valence-corrected chi connectivity index (χ1v) is 9.70. The highest BCUT2D eigenvalue weighted by Crippen LogP contribution is 2.28. The van der Waals surface area contributed by atoms with Crippen LogP contribution in [0.5, 0.6) is 5.75 Å². The highest BCUT2D eigenvalue weighted by atomic mass is 19.2. The monoisotopic (exact) mass is 405 g/mol. The van der Waals surface area contributed by atoms with Gasteiger partial charge in [-0.2, -0.15) is 0 Å². The number of nitrogens with zero attached hydrogens (tertiary/aromatic N) is 2. The maximum absolute atomic E-state index is 13.3. The average molecular weight is 405 g/mol. The van der Waals surface area contributed by atoms with Crippen molar-refractivity contribution in [2.24, 2.45) is 0 Å². The molecular weight excluding hydrogens is 380 g/mol. The molecule has 6 nitrogen and oxygen atoms in total. The maximum atomic E-state index is 13.3. The van der Waals surface area contributed by atoms with Gasteiger partial charge in [0.2, 0.25) is 0 Å². The minimum Gasteiger partial charge on any atom is -0.408 e. The normalized spacial score (nSPS) is 14.0. The summed E-state index contributed by atoms with van der Waals surface area (Å²) < 4.78 is 37.2. The maximum Gasteiger partial charge on any atom is 0.412 e. The van der Waals surface area contributed by atoms with Crippen LogP contribution in [0.1, 0.15) is 30.2 Å². The van der Waals surface area contributed by atoms with Gasteiger partial charge in [-0.05, 0) is 42.7 Å². The van der Waals surface area contributed by atoms with Gasteiger partial charge in [-0.1, -0.05) is 19.4 Å². The number of carbonyl (C=O) groups excluding carboxylic acids is 1. The van der Waals surface area contributed by atoms with Gasteiger partial charge in [-0.25, -0.2) is 18.6 Å². The van der Waals surface area contributed by atoms with Gasteiger partial charge in [-0.15, -0.1) is 0 Å². The lowest BCUT2D eigenvalue weighted by molar-refractivity contribution is 0.122. The van der Waals surface area contributed by atoms with E-state index in [0.717, 1.165) is 48.7 Å². The summed E-state index contributed by atoms with van der Waals surface area (Å²) in [5.74, 6) is -0.598. The van der Waals surface area contributed by atoms with E-state index in [-0.39, 0.29) is 6.54 Å². The van der Waals surface area contributed by atoms with E-state index >= 15 is 0 Å². The van der Waals surface area contributed by atoms with Crippen LogP contribution < -0.4 is 15.0 Å². The lowest BCUT2D eigenvalue weighted by Crippen LogP contribution is -2.37. The second-order valence-corrected chi connectivity index (χ2v) is 6.91. The van der Waals surface area contributed by atoms with E-state index in [0.29, 0.717) is 30.9 Å². The van der Waals surface area contributed by atoms with Crippen molar-refractivity contribution >= 4 is 11.9 Å². The quantitative estimate of drug-likeness (QED) is 0.793. The summed E-state index contributed by atoms with van der Waals surface area (Å²) in [5.41, 5.74) is 1.97. The van der Waals surface area contributed by atoms with Crippen LogP contribution in [0.3, 0.4) is 0 Å². The lowest BCUT2D eigenvalue weighted by Gasteiger charge is -2.29. The van der Waals surface area contributed by atoms with Crippen LogP contribution in [0.15, 0.2) is 24.3 Å². The molecule has 0 bridgehead atoms. The number of hydrogen-bond acceptors (Lipinski definition) is 5. The van der Waals surface area contributed by atoms with E-state index in [4.69, 9.17) is 14.5 Å². The number of benzene rings is 1. The Morgan fingerprint density at radius 2 is 2.00 bits per heavy atom. The summed E-state index contributed by atoms with van der Waals surface area (Å²) in [6.07, 6.45) is 0.854. The van der Waals surface area contributed by atoms with Crippen LogP contribution >= 0.6 is 0 Å². The molecule has 2 heterocycles. The molecule has 0 aliphatic carbocycles. The number of pyridine rings is 1. The molecule has 0 spiro atoms. The Bertz CT molecular complexity index is 870. The van der Waals surface area contributed by atoms with Crippen LogP contribution in [0, 0.1) is 18.6 Å². The third kappa shape index (κ3) is 5.41. The highest BCUT2D eigenvalue weighted by Gasteiger charge is 2.19. The number of nitrogens with one attached hydrogen (secondary N) is 1. The summed E-state index contributed by atoms with van der Waals surface area (Å²) in [5, 5.41) is 2.56. The lowest BCUT2D eigenvalue weighted by atomic mass is 10.1. The van der Waals surface area contributed by atoms with Crippen LogP contribution in [-0.2, 0) is 17.7 Å². The van der Waals surface area contributed by atoms with Crippen LogP contribution in [0.4, 0.5) is 19.4 Å². The van der Waals surface area contributed by atoms with Gasteiger partial charge < -0.3 is 19.7 Å². The SMILES string of the molecule is CCCc1nc(N2CCOCC2)cc(C)c1OC(=O)NCc1ccc(F)c(F)c1. The molecule has 0 unspecified atom stereocenters. The summed E-state index contributed by atoms with van der Waals surface area (Å²) >= 11 is 0. The fourth-order valence-corrected chi connectivity index (χ4v) is 3.16. The van der Waals surface area contributed by atoms with Crippen molar-refractivity contribution < 1.29 is 23.0 Å². The van der Waals surface area contributed by atoms with E-state index in [9.17, 15) is 13.6 Å². The molecule has 29 heavy (non-hydrogen) atoms. The standard InChI is InChI=1S/C21H25F2N3O3/c1-3-4-18-20(14(2)11-19(25-18)26-7-9-28-10-8-26)29-21(27)24-13-15-5-6-16(22)17(23)12-15/h5-6,11-12H,3-4,7-10,13H2,1-2H3,(H,24,27). The van der Waals surface area contributed by atoms with Crippen molar-refractivity contribution in [2.75, 3.05) is 31.2 Å². The summed E-state index contributed by atoms with van der Waals surface area (Å²) in [6.45, 7) is 6.80. The Morgan fingerprint density at radius 1 is 1.24 bits per heavy atom. The number of halogens is 2. The number of aryl methyl sites for hydroxylation is 2. The zero-order valence-electron chi connectivity index (χ0n) is 16.6. The van der Waals surface area contributed by atoms with Gasteiger partial charge in [0, 0.05) is 19.6 Å². The number of morpholine rings is 1. The van der Waals surface area contributed by atoms with E-state index in [2.05, 4.69) is 10.2 Å². The Kier molecular flexibility index (Phi) is 6.98. The third-order valence-corrected chi connectivity index (χ3v) is 4.65. The number of amides is 1. The zero-order valence-corrected chi connectivity index (χ0v) is 16.6. The van der Waals surface area contributed by atoms with Gasteiger partial charge in [-0.3, -0.25) is 0 Å². The fraction of sp³-hybridized carbons (Fsp3) is 0.429. The minimum atomic E-state index is -0.957. The molecule has 0 atom stereocenters. The first-order valence-electron chi connectivity index (χ1n) is 9.70. The topological polar surface area (TPSA) is 63.7 Å². The molecule has 1 aromatic heterocycles. The molecule has 0 saturated carbocycles. The Balaban J connectivity index is 1.71. The summed E-state index contributed by atoms with van der Waals surface area (Å²) in [7, 11) is 0. The van der Waals surface area contributed by atoms with Crippen molar-refractivity contribution in [3.05, 3.63) is 52.7 Å². The molecule has 1 aliphatic heterocycles. The van der Waals surface area contributed by atoms with Gasteiger partial charge in [0.1, 0.15) is 5.82 Å². The van der Waals surface area contributed by atoms with Crippen LogP contribution in [0.2, 0.25) is 0 Å². The zero-order chi connectivity index (χ0) is 20.8. The van der Waals surface area contributed by atoms with Crippen LogP contribution in [0.25, 0.3) is 0 Å². The molecule has 1 fully saturated rings. The molecule has 1 N–H and O–H groups in total. The number of rotatable bonds is 6. The van der Waals surface area contributed by atoms with E-state index in [1.54, 1.807) is 0 Å². The molecule has 1 aliphatic rings. The molecule has 1 aromatic carbocycles. The number of ether oxygens (including phenoxy) is 2. The number of hydrogen-bond donors (Lipinski definition) is 1.